The lowest BCUT2D eigenvalue weighted by Crippen LogP contribution is -2.41. The van der Waals surface area contributed by atoms with Crippen molar-refractivity contribution in [3.05, 3.63) is 12.4 Å². The first kappa shape index (κ1) is 22.2. The molecule has 2 rings (SSSR count). The van der Waals surface area contributed by atoms with E-state index in [4.69, 9.17) is 18.8 Å². The van der Waals surface area contributed by atoms with Crippen LogP contribution in [0, 0.1) is 0 Å². The van der Waals surface area contributed by atoms with Crippen molar-refractivity contribution >= 4 is 12.6 Å². The van der Waals surface area contributed by atoms with Crippen LogP contribution in [-0.4, -0.2) is 48.1 Å². The molecule has 0 N–H and O–H groups in total. The van der Waals surface area contributed by atoms with Crippen LogP contribution in [0.5, 0.6) is 0 Å². The third-order valence-corrected chi connectivity index (χ3v) is 4.40. The molecule has 1 aromatic rings. The van der Waals surface area contributed by atoms with E-state index in [1.165, 1.54) is 6.42 Å². The molecule has 0 aromatic carbocycles. The van der Waals surface area contributed by atoms with Crippen molar-refractivity contribution in [3.63, 3.8) is 0 Å². The Hall–Kier alpha value is -0.885. The second-order valence-corrected chi connectivity index (χ2v) is 7.28. The van der Waals surface area contributed by atoms with Crippen LogP contribution in [0.3, 0.4) is 0 Å². The van der Waals surface area contributed by atoms with Crippen molar-refractivity contribution in [2.45, 2.75) is 85.3 Å². The molecule has 1 saturated heterocycles. The van der Waals surface area contributed by atoms with Gasteiger partial charge in [0.1, 0.15) is 0 Å². The Morgan fingerprint density at radius 3 is 2.20 bits per heavy atom. The topological polar surface area (TPSA) is 54.7 Å². The average molecular weight is 354 g/mol. The van der Waals surface area contributed by atoms with Gasteiger partial charge in [0, 0.05) is 25.0 Å². The third kappa shape index (κ3) is 6.10. The Balaban J connectivity index is 0.000000970. The van der Waals surface area contributed by atoms with Gasteiger partial charge in [-0.25, -0.2) is 0 Å². The average Bonchev–Trinajstić information content (AvgIpc) is 3.07. The number of rotatable bonds is 7. The van der Waals surface area contributed by atoms with Gasteiger partial charge in [0.05, 0.1) is 24.4 Å². The molecule has 25 heavy (non-hydrogen) atoms. The highest BCUT2D eigenvalue weighted by atomic mass is 16.7. The molecule has 0 aliphatic carbocycles. The van der Waals surface area contributed by atoms with E-state index in [0.717, 1.165) is 11.9 Å². The number of ether oxygens (including phenoxy) is 2. The predicted octanol–water partition coefficient (Wildman–Crippen LogP) is 3.00. The lowest BCUT2D eigenvalue weighted by Gasteiger charge is -2.32. The standard InChI is InChI=1S/C15H27BN2O4.C3H8/c1-7-13(19-6)20-9-8-18-11-12(10-17-18)16-21-14(2,3)15(4,5)22-16;1-3-2/h10-11,13H,7-9H2,1-6H3;3H2,1-2H3. The molecule has 1 unspecified atom stereocenters. The van der Waals surface area contributed by atoms with Crippen LogP contribution in [-0.2, 0) is 25.3 Å². The van der Waals surface area contributed by atoms with E-state index in [1.54, 1.807) is 13.3 Å². The van der Waals surface area contributed by atoms with Crippen molar-refractivity contribution in [3.8, 4) is 0 Å². The van der Waals surface area contributed by atoms with Gasteiger partial charge in [-0.15, -0.1) is 0 Å². The monoisotopic (exact) mass is 354 g/mol. The Morgan fingerprint density at radius 1 is 1.16 bits per heavy atom. The summed E-state index contributed by atoms with van der Waals surface area (Å²) in [5, 5.41) is 4.34. The molecule has 6 nitrogen and oxygen atoms in total. The Bertz CT molecular complexity index is 485. The summed E-state index contributed by atoms with van der Waals surface area (Å²) in [6, 6.07) is 0. The zero-order valence-electron chi connectivity index (χ0n) is 17.2. The van der Waals surface area contributed by atoms with Crippen LogP contribution in [0.15, 0.2) is 12.4 Å². The fourth-order valence-electron chi connectivity index (χ4n) is 2.23. The largest absolute Gasteiger partial charge is 0.498 e. The lowest BCUT2D eigenvalue weighted by atomic mass is 9.82. The van der Waals surface area contributed by atoms with E-state index in [9.17, 15) is 0 Å². The minimum Gasteiger partial charge on any atom is -0.399 e. The van der Waals surface area contributed by atoms with Gasteiger partial charge in [0.2, 0.25) is 0 Å². The van der Waals surface area contributed by atoms with Gasteiger partial charge in [-0.3, -0.25) is 4.68 Å². The fraction of sp³-hybridized carbons (Fsp3) is 0.833. The second kappa shape index (κ2) is 9.71. The van der Waals surface area contributed by atoms with E-state index >= 15 is 0 Å². The van der Waals surface area contributed by atoms with E-state index in [1.807, 2.05) is 45.5 Å². The molecular formula is C18H35BN2O4. The molecule has 0 bridgehead atoms. The zero-order chi connectivity index (χ0) is 19.1. The molecule has 1 aliphatic rings. The van der Waals surface area contributed by atoms with E-state index in [2.05, 4.69) is 18.9 Å². The molecule has 1 fully saturated rings. The number of hydrogen-bond donors (Lipinski definition) is 0. The van der Waals surface area contributed by atoms with E-state index in [0.29, 0.717) is 13.2 Å². The molecule has 1 aromatic heterocycles. The Kier molecular flexibility index (Phi) is 8.61. The first-order valence-corrected chi connectivity index (χ1v) is 9.23. The van der Waals surface area contributed by atoms with Gasteiger partial charge in [0.25, 0.3) is 0 Å². The lowest BCUT2D eigenvalue weighted by molar-refractivity contribution is -0.126. The highest BCUT2D eigenvalue weighted by Gasteiger charge is 2.52. The molecule has 144 valence electrons. The first-order chi connectivity index (χ1) is 11.7. The minimum absolute atomic E-state index is 0.155. The van der Waals surface area contributed by atoms with Gasteiger partial charge in [-0.2, -0.15) is 5.10 Å². The molecule has 2 heterocycles. The number of methoxy groups -OCH3 is 1. The number of hydrogen-bond acceptors (Lipinski definition) is 5. The SMILES string of the molecule is CCC.CCC(OC)OCCn1cc(B2OC(C)(C)C(C)(C)O2)cn1. The molecule has 0 saturated carbocycles. The molecule has 0 amide bonds. The zero-order valence-corrected chi connectivity index (χ0v) is 17.2. The predicted molar refractivity (Wildman–Crippen MR) is 101 cm³/mol. The van der Waals surface area contributed by atoms with Gasteiger partial charge in [-0.1, -0.05) is 27.2 Å². The summed E-state index contributed by atoms with van der Waals surface area (Å²) in [5.41, 5.74) is 0.253. The third-order valence-electron chi connectivity index (χ3n) is 4.40. The summed E-state index contributed by atoms with van der Waals surface area (Å²) < 4.78 is 24.6. The van der Waals surface area contributed by atoms with Crippen molar-refractivity contribution in [1.29, 1.82) is 0 Å². The molecule has 0 radical (unpaired) electrons. The van der Waals surface area contributed by atoms with E-state index < -0.39 is 0 Å². The summed E-state index contributed by atoms with van der Waals surface area (Å²) in [6.45, 7) is 15.7. The number of aromatic nitrogens is 2. The normalized spacial score (nSPS) is 19.4. The van der Waals surface area contributed by atoms with Crippen LogP contribution in [0.2, 0.25) is 0 Å². The van der Waals surface area contributed by atoms with Crippen LogP contribution in [0.1, 0.15) is 61.3 Å². The van der Waals surface area contributed by atoms with Crippen LogP contribution in [0.25, 0.3) is 0 Å². The smallest absolute Gasteiger partial charge is 0.399 e. The summed E-state index contributed by atoms with van der Waals surface area (Å²) in [4.78, 5) is 0. The first-order valence-electron chi connectivity index (χ1n) is 9.23. The Labute approximate surface area is 153 Å². The van der Waals surface area contributed by atoms with E-state index in [-0.39, 0.29) is 24.6 Å². The van der Waals surface area contributed by atoms with Crippen LogP contribution >= 0.6 is 0 Å². The number of nitrogens with zero attached hydrogens (tertiary/aromatic N) is 2. The minimum atomic E-state index is -0.373. The van der Waals surface area contributed by atoms with Gasteiger partial charge in [-0.05, 0) is 34.1 Å². The molecule has 7 heteroatoms. The van der Waals surface area contributed by atoms with Gasteiger partial charge in [0.15, 0.2) is 6.29 Å². The maximum atomic E-state index is 6.01. The molecule has 0 spiro atoms. The summed E-state index contributed by atoms with van der Waals surface area (Å²) in [5.74, 6) is 0. The molecule has 1 aliphatic heterocycles. The highest BCUT2D eigenvalue weighted by molar-refractivity contribution is 6.61. The maximum Gasteiger partial charge on any atom is 0.498 e. The van der Waals surface area contributed by atoms with Gasteiger partial charge < -0.3 is 18.8 Å². The van der Waals surface area contributed by atoms with Crippen molar-refractivity contribution < 1.29 is 18.8 Å². The summed E-state index contributed by atoms with van der Waals surface area (Å²) in [6.07, 6.45) is 5.65. The van der Waals surface area contributed by atoms with Crippen molar-refractivity contribution in [2.75, 3.05) is 13.7 Å². The maximum absolute atomic E-state index is 6.01. The van der Waals surface area contributed by atoms with Crippen LogP contribution in [0.4, 0.5) is 0 Å². The quantitative estimate of drug-likeness (QED) is 0.557. The van der Waals surface area contributed by atoms with Gasteiger partial charge >= 0.3 is 7.12 Å². The molecule has 1 atom stereocenters. The summed E-state index contributed by atoms with van der Waals surface area (Å²) in [7, 11) is 1.28. The van der Waals surface area contributed by atoms with Crippen molar-refractivity contribution in [1.82, 2.24) is 9.78 Å². The fourth-order valence-corrected chi connectivity index (χ4v) is 2.23. The molecular weight excluding hydrogens is 319 g/mol. The van der Waals surface area contributed by atoms with Crippen LogP contribution < -0.4 is 5.46 Å². The second-order valence-electron chi connectivity index (χ2n) is 7.28. The Morgan fingerprint density at radius 2 is 1.72 bits per heavy atom. The highest BCUT2D eigenvalue weighted by Crippen LogP contribution is 2.36. The summed E-state index contributed by atoms with van der Waals surface area (Å²) >= 11 is 0. The van der Waals surface area contributed by atoms with Crippen molar-refractivity contribution in [2.24, 2.45) is 0 Å².